The molecule has 1 fully saturated rings. The van der Waals surface area contributed by atoms with Crippen LogP contribution >= 0.6 is 0 Å². The fourth-order valence-electron chi connectivity index (χ4n) is 5.18. The lowest BCUT2D eigenvalue weighted by Gasteiger charge is -2.28. The summed E-state index contributed by atoms with van der Waals surface area (Å²) in [4.78, 5) is 12.5. The molecular weight excluding hydrogens is 444 g/mol. The van der Waals surface area contributed by atoms with E-state index >= 15 is 0 Å². The molecule has 4 heterocycles. The smallest absolute Gasteiger partial charge is 0.116 e. The molecule has 2 aliphatic rings. The topological polar surface area (TPSA) is 82.3 Å². The van der Waals surface area contributed by atoms with E-state index in [2.05, 4.69) is 85.6 Å². The van der Waals surface area contributed by atoms with Crippen LogP contribution in [0.4, 0.5) is 5.69 Å². The van der Waals surface area contributed by atoms with Gasteiger partial charge in [-0.1, -0.05) is 37.3 Å². The number of nitrogens with one attached hydrogen (secondary N) is 3. The molecular formula is C30H26N6. The Hall–Kier alpha value is -4.45. The molecule has 0 radical (unpaired) electrons. The minimum atomic E-state index is 0.575. The van der Waals surface area contributed by atoms with E-state index < -0.39 is 0 Å². The average molecular weight is 471 g/mol. The van der Waals surface area contributed by atoms with Crippen LogP contribution in [-0.2, 0) is 0 Å². The fourth-order valence-corrected chi connectivity index (χ4v) is 5.18. The van der Waals surface area contributed by atoms with Crippen molar-refractivity contribution in [2.24, 2.45) is 5.92 Å². The van der Waals surface area contributed by atoms with Gasteiger partial charge in [-0.2, -0.15) is 5.10 Å². The number of allylic oxidation sites excluding steroid dienone is 5. The van der Waals surface area contributed by atoms with E-state index in [0.29, 0.717) is 5.92 Å². The van der Waals surface area contributed by atoms with Crippen molar-refractivity contribution in [2.45, 2.75) is 25.7 Å². The summed E-state index contributed by atoms with van der Waals surface area (Å²) < 4.78 is 0. The van der Waals surface area contributed by atoms with E-state index in [4.69, 9.17) is 0 Å². The molecule has 0 spiro atoms. The van der Waals surface area contributed by atoms with Crippen LogP contribution in [0.15, 0.2) is 85.6 Å². The van der Waals surface area contributed by atoms with Gasteiger partial charge in [-0.15, -0.1) is 0 Å². The summed E-state index contributed by atoms with van der Waals surface area (Å²) in [6, 6.07) is 10.7. The highest BCUT2D eigenvalue weighted by molar-refractivity contribution is 6.01. The van der Waals surface area contributed by atoms with Gasteiger partial charge in [-0.25, -0.2) is 0 Å². The molecule has 3 N–H and O–H groups in total. The molecule has 0 bridgehead atoms. The van der Waals surface area contributed by atoms with E-state index in [1.54, 1.807) is 0 Å². The first kappa shape index (κ1) is 20.9. The Balaban J connectivity index is 1.26. The molecule has 0 atom stereocenters. The van der Waals surface area contributed by atoms with Gasteiger partial charge in [-0.3, -0.25) is 15.1 Å². The summed E-state index contributed by atoms with van der Waals surface area (Å²) in [7, 11) is 0. The van der Waals surface area contributed by atoms with Crippen LogP contribution in [0.25, 0.3) is 49.9 Å². The molecule has 2 aliphatic carbocycles. The van der Waals surface area contributed by atoms with Gasteiger partial charge in [0.25, 0.3) is 0 Å². The number of nitrogens with zero attached hydrogens (tertiary/aromatic N) is 3. The monoisotopic (exact) mass is 470 g/mol. The number of fused-ring (bicyclic) bond motifs is 2. The number of hydrogen-bond acceptors (Lipinski definition) is 4. The van der Waals surface area contributed by atoms with Crippen molar-refractivity contribution in [2.75, 3.05) is 5.32 Å². The van der Waals surface area contributed by atoms with Crippen molar-refractivity contribution in [1.82, 2.24) is 25.1 Å². The minimum absolute atomic E-state index is 0.575. The Labute approximate surface area is 208 Å². The van der Waals surface area contributed by atoms with Gasteiger partial charge in [0.2, 0.25) is 0 Å². The predicted octanol–water partition coefficient (Wildman–Crippen LogP) is 7.24. The van der Waals surface area contributed by atoms with Crippen molar-refractivity contribution in [3.63, 3.8) is 0 Å². The standard InChI is InChI=1S/C30H26N6/c1-18(19-7-4-8-19)33-23-11-22(14-31-15-23)21-9-10-27-25(12-21)30(36-35-27)28-13-24-26(20-5-2-3-6-20)16-32-17-29(24)34-28/h2,5-6,9-17,19,33-34H,1,3-4,7-8H2,(H,35,36). The van der Waals surface area contributed by atoms with E-state index in [1.165, 1.54) is 24.8 Å². The van der Waals surface area contributed by atoms with E-state index in [0.717, 1.165) is 67.7 Å². The number of aromatic amines is 2. The Bertz CT molecular complexity index is 1700. The number of rotatable bonds is 6. The van der Waals surface area contributed by atoms with E-state index in [9.17, 15) is 0 Å². The predicted molar refractivity (Wildman–Crippen MR) is 146 cm³/mol. The van der Waals surface area contributed by atoms with Gasteiger partial charge < -0.3 is 10.3 Å². The first-order chi connectivity index (χ1) is 17.7. The van der Waals surface area contributed by atoms with Gasteiger partial charge in [0, 0.05) is 40.0 Å². The molecule has 7 rings (SSSR count). The lowest BCUT2D eigenvalue weighted by molar-refractivity contribution is 0.371. The molecule has 1 saturated carbocycles. The summed E-state index contributed by atoms with van der Waals surface area (Å²) in [6.45, 7) is 4.24. The molecule has 0 saturated heterocycles. The van der Waals surface area contributed by atoms with Gasteiger partial charge >= 0.3 is 0 Å². The molecule has 6 heteroatoms. The van der Waals surface area contributed by atoms with Crippen molar-refractivity contribution in [3.05, 3.63) is 91.2 Å². The van der Waals surface area contributed by atoms with Crippen LogP contribution in [-0.4, -0.2) is 25.1 Å². The zero-order chi connectivity index (χ0) is 24.1. The second-order valence-corrected chi connectivity index (χ2v) is 9.70. The van der Waals surface area contributed by atoms with Crippen LogP contribution in [0, 0.1) is 5.92 Å². The number of aromatic nitrogens is 5. The summed E-state index contributed by atoms with van der Waals surface area (Å²) in [5.74, 6) is 0.575. The Morgan fingerprint density at radius 2 is 1.86 bits per heavy atom. The number of pyridine rings is 2. The lowest BCUT2D eigenvalue weighted by atomic mass is 9.83. The first-order valence-electron chi connectivity index (χ1n) is 12.5. The lowest BCUT2D eigenvalue weighted by Crippen LogP contribution is -2.18. The van der Waals surface area contributed by atoms with Crippen molar-refractivity contribution < 1.29 is 0 Å². The third-order valence-corrected chi connectivity index (χ3v) is 7.42. The summed E-state index contributed by atoms with van der Waals surface area (Å²) in [5.41, 5.74) is 10.4. The second kappa shape index (κ2) is 8.34. The number of benzene rings is 1. The molecule has 176 valence electrons. The van der Waals surface area contributed by atoms with E-state index in [1.807, 2.05) is 24.8 Å². The summed E-state index contributed by atoms with van der Waals surface area (Å²) in [5, 5.41) is 13.5. The van der Waals surface area contributed by atoms with Gasteiger partial charge in [0.15, 0.2) is 0 Å². The summed E-state index contributed by atoms with van der Waals surface area (Å²) in [6.07, 6.45) is 18.9. The van der Waals surface area contributed by atoms with Gasteiger partial charge in [0.05, 0.1) is 34.8 Å². The Morgan fingerprint density at radius 1 is 0.944 bits per heavy atom. The SMILES string of the molecule is C=C(Nc1cncc(-c2ccc3[nH]nc(-c4cc5c(C6=CCC=C6)cncc5[nH]4)c3c2)c1)C1CCC1. The van der Waals surface area contributed by atoms with E-state index in [-0.39, 0.29) is 0 Å². The first-order valence-corrected chi connectivity index (χ1v) is 12.5. The summed E-state index contributed by atoms with van der Waals surface area (Å²) >= 11 is 0. The molecule has 0 amide bonds. The maximum Gasteiger partial charge on any atom is 0.116 e. The molecule has 6 nitrogen and oxygen atoms in total. The van der Waals surface area contributed by atoms with Crippen LogP contribution in [0.5, 0.6) is 0 Å². The second-order valence-electron chi connectivity index (χ2n) is 9.70. The number of hydrogen-bond donors (Lipinski definition) is 3. The highest BCUT2D eigenvalue weighted by Crippen LogP contribution is 2.36. The van der Waals surface area contributed by atoms with Crippen LogP contribution in [0.2, 0.25) is 0 Å². The maximum atomic E-state index is 4.67. The third-order valence-electron chi connectivity index (χ3n) is 7.42. The highest BCUT2D eigenvalue weighted by atomic mass is 15.1. The van der Waals surface area contributed by atoms with Crippen LogP contribution in [0.3, 0.4) is 0 Å². The Morgan fingerprint density at radius 3 is 2.69 bits per heavy atom. The molecule has 5 aromatic rings. The van der Waals surface area contributed by atoms with Crippen LogP contribution in [0.1, 0.15) is 31.2 Å². The van der Waals surface area contributed by atoms with Gasteiger partial charge in [0.1, 0.15) is 5.69 Å². The van der Waals surface area contributed by atoms with Crippen molar-refractivity contribution in [3.8, 4) is 22.5 Å². The fraction of sp³-hybridized carbons (Fsp3) is 0.167. The molecule has 36 heavy (non-hydrogen) atoms. The quantitative estimate of drug-likeness (QED) is 0.244. The van der Waals surface area contributed by atoms with Crippen LogP contribution < -0.4 is 5.32 Å². The molecule has 0 aliphatic heterocycles. The van der Waals surface area contributed by atoms with Crippen molar-refractivity contribution in [1.29, 1.82) is 0 Å². The number of anilines is 1. The molecule has 4 aromatic heterocycles. The Kier molecular flexibility index (Phi) is 4.84. The highest BCUT2D eigenvalue weighted by Gasteiger charge is 2.21. The normalized spacial score (nSPS) is 15.4. The maximum absolute atomic E-state index is 4.67. The largest absolute Gasteiger partial charge is 0.358 e. The molecule has 0 unspecified atom stereocenters. The average Bonchev–Trinajstić information content (AvgIpc) is 3.61. The number of H-pyrrole nitrogens is 2. The minimum Gasteiger partial charge on any atom is -0.358 e. The van der Waals surface area contributed by atoms with Crippen molar-refractivity contribution >= 4 is 33.1 Å². The zero-order valence-electron chi connectivity index (χ0n) is 19.9. The third kappa shape index (κ3) is 3.53. The zero-order valence-corrected chi connectivity index (χ0v) is 19.9. The van der Waals surface area contributed by atoms with Gasteiger partial charge in [-0.05, 0) is 60.6 Å². The molecule has 1 aromatic carbocycles.